The lowest BCUT2D eigenvalue weighted by Crippen LogP contribution is -2.22. The van der Waals surface area contributed by atoms with Gasteiger partial charge in [-0.3, -0.25) is 14.3 Å². The van der Waals surface area contributed by atoms with Crippen LogP contribution in [0.25, 0.3) is 11.4 Å². The molecule has 0 N–H and O–H groups in total. The number of anilines is 1. The molecule has 0 saturated carbocycles. The van der Waals surface area contributed by atoms with Gasteiger partial charge in [0.2, 0.25) is 5.91 Å². The average molecular weight is 460 g/mol. The van der Waals surface area contributed by atoms with E-state index in [1.54, 1.807) is 13.3 Å². The van der Waals surface area contributed by atoms with Crippen LogP contribution < -0.4 is 4.90 Å². The van der Waals surface area contributed by atoms with Crippen LogP contribution in [0.4, 0.5) is 5.13 Å². The van der Waals surface area contributed by atoms with Gasteiger partial charge < -0.3 is 4.42 Å². The van der Waals surface area contributed by atoms with Gasteiger partial charge in [-0.1, -0.05) is 23.4 Å². The monoisotopic (exact) mass is 459 g/mol. The van der Waals surface area contributed by atoms with Crippen LogP contribution in [0.2, 0.25) is 5.02 Å². The van der Waals surface area contributed by atoms with Crippen LogP contribution in [-0.2, 0) is 17.1 Å². The standard InChI is InChI=1S/C20H18ClN5O2S2/c1-13(27)25(2)19-22-16(11-29-19)12-30-20-24-23-18(14-5-7-15(21)8-6-14)26(20)10-17-4-3-9-28-17/h3-9,11H,10,12H2,1-2H3. The summed E-state index contributed by atoms with van der Waals surface area (Å²) in [5.41, 5.74) is 1.80. The lowest BCUT2D eigenvalue weighted by Gasteiger charge is -2.10. The largest absolute Gasteiger partial charge is 0.467 e. The lowest BCUT2D eigenvalue weighted by molar-refractivity contribution is -0.116. The summed E-state index contributed by atoms with van der Waals surface area (Å²) < 4.78 is 7.55. The number of nitrogens with zero attached hydrogens (tertiary/aromatic N) is 5. The van der Waals surface area contributed by atoms with Gasteiger partial charge in [0.25, 0.3) is 0 Å². The molecule has 10 heteroatoms. The summed E-state index contributed by atoms with van der Waals surface area (Å²) in [4.78, 5) is 17.6. The minimum Gasteiger partial charge on any atom is -0.467 e. The maximum atomic E-state index is 11.5. The summed E-state index contributed by atoms with van der Waals surface area (Å²) in [5.74, 6) is 2.11. The van der Waals surface area contributed by atoms with Gasteiger partial charge in [0.1, 0.15) is 5.76 Å². The molecule has 0 aliphatic heterocycles. The van der Waals surface area contributed by atoms with E-state index in [9.17, 15) is 4.79 Å². The van der Waals surface area contributed by atoms with Crippen molar-refractivity contribution in [3.05, 3.63) is 64.5 Å². The quantitative estimate of drug-likeness (QED) is 0.363. The van der Waals surface area contributed by atoms with Crippen LogP contribution in [0.15, 0.2) is 57.6 Å². The number of rotatable bonds is 7. The van der Waals surface area contributed by atoms with Crippen LogP contribution in [0.5, 0.6) is 0 Å². The predicted octanol–water partition coefficient (Wildman–Crippen LogP) is 4.97. The number of carbonyl (C=O) groups excluding carboxylic acids is 1. The summed E-state index contributed by atoms with van der Waals surface area (Å²) in [6.07, 6.45) is 1.65. The Morgan fingerprint density at radius 3 is 2.77 bits per heavy atom. The van der Waals surface area contributed by atoms with Crippen LogP contribution in [0.1, 0.15) is 18.4 Å². The summed E-state index contributed by atoms with van der Waals surface area (Å²) in [6, 6.07) is 11.3. The topological polar surface area (TPSA) is 77.1 Å². The second-order valence-corrected chi connectivity index (χ2v) is 8.68. The molecule has 0 atom stereocenters. The molecule has 3 heterocycles. The van der Waals surface area contributed by atoms with Gasteiger partial charge in [0.15, 0.2) is 16.1 Å². The molecule has 7 nitrogen and oxygen atoms in total. The number of aromatic nitrogens is 4. The molecule has 1 aromatic carbocycles. The third-order valence-corrected chi connectivity index (χ3v) is 6.58. The second kappa shape index (κ2) is 9.03. The summed E-state index contributed by atoms with van der Waals surface area (Å²) in [5, 5.41) is 12.8. The number of hydrogen-bond acceptors (Lipinski definition) is 7. The Labute approximate surface area is 186 Å². The molecule has 3 aromatic heterocycles. The molecular weight excluding hydrogens is 442 g/mol. The lowest BCUT2D eigenvalue weighted by atomic mass is 10.2. The van der Waals surface area contributed by atoms with Crippen molar-refractivity contribution in [1.82, 2.24) is 19.7 Å². The number of furan rings is 1. The third-order valence-electron chi connectivity index (χ3n) is 4.36. The number of thiazole rings is 1. The van der Waals surface area contributed by atoms with E-state index in [1.807, 2.05) is 46.3 Å². The Morgan fingerprint density at radius 1 is 1.27 bits per heavy atom. The molecule has 0 saturated heterocycles. The van der Waals surface area contributed by atoms with Crippen molar-refractivity contribution in [2.24, 2.45) is 0 Å². The van der Waals surface area contributed by atoms with Gasteiger partial charge in [0, 0.05) is 35.7 Å². The average Bonchev–Trinajstić information content (AvgIpc) is 3.48. The SMILES string of the molecule is CC(=O)N(C)c1nc(CSc2nnc(-c3ccc(Cl)cc3)n2Cc2ccco2)cs1. The molecule has 30 heavy (non-hydrogen) atoms. The minimum atomic E-state index is -0.0469. The van der Waals surface area contributed by atoms with E-state index in [0.29, 0.717) is 22.5 Å². The van der Waals surface area contributed by atoms with E-state index >= 15 is 0 Å². The van der Waals surface area contributed by atoms with Crippen molar-refractivity contribution in [2.45, 2.75) is 24.4 Å². The van der Waals surface area contributed by atoms with Gasteiger partial charge in [-0.15, -0.1) is 21.5 Å². The molecule has 1 amide bonds. The van der Waals surface area contributed by atoms with Gasteiger partial charge in [-0.2, -0.15) is 0 Å². The van der Waals surface area contributed by atoms with E-state index in [1.165, 1.54) is 34.9 Å². The fourth-order valence-electron chi connectivity index (χ4n) is 2.70. The highest BCUT2D eigenvalue weighted by molar-refractivity contribution is 7.98. The van der Waals surface area contributed by atoms with Crippen molar-refractivity contribution in [3.63, 3.8) is 0 Å². The van der Waals surface area contributed by atoms with Crippen molar-refractivity contribution in [2.75, 3.05) is 11.9 Å². The molecule has 4 aromatic rings. The Balaban J connectivity index is 1.58. The molecule has 0 spiro atoms. The Hall–Kier alpha value is -2.62. The van der Waals surface area contributed by atoms with E-state index in [2.05, 4.69) is 15.2 Å². The third kappa shape index (κ3) is 4.58. The molecule has 154 valence electrons. The highest BCUT2D eigenvalue weighted by Crippen LogP contribution is 2.29. The number of halogens is 1. The van der Waals surface area contributed by atoms with E-state index in [-0.39, 0.29) is 5.91 Å². The Kier molecular flexibility index (Phi) is 6.21. The molecule has 0 fully saturated rings. The smallest absolute Gasteiger partial charge is 0.225 e. The molecule has 0 aliphatic carbocycles. The zero-order valence-electron chi connectivity index (χ0n) is 16.3. The minimum absolute atomic E-state index is 0.0469. The van der Waals surface area contributed by atoms with Crippen molar-refractivity contribution in [3.8, 4) is 11.4 Å². The highest BCUT2D eigenvalue weighted by Gasteiger charge is 2.17. The van der Waals surface area contributed by atoms with Gasteiger partial charge in [-0.25, -0.2) is 4.98 Å². The fourth-order valence-corrected chi connectivity index (χ4v) is 4.59. The Bertz CT molecular complexity index is 1140. The number of hydrogen-bond donors (Lipinski definition) is 0. The van der Waals surface area contributed by atoms with E-state index in [4.69, 9.17) is 16.0 Å². The zero-order valence-corrected chi connectivity index (χ0v) is 18.7. The van der Waals surface area contributed by atoms with Gasteiger partial charge in [0.05, 0.1) is 18.5 Å². The first-order valence-electron chi connectivity index (χ1n) is 9.04. The van der Waals surface area contributed by atoms with Crippen LogP contribution in [-0.4, -0.2) is 32.7 Å². The number of amides is 1. The zero-order chi connectivity index (χ0) is 21.1. The fraction of sp³-hybridized carbons (Fsp3) is 0.200. The van der Waals surface area contributed by atoms with Crippen molar-refractivity contribution < 1.29 is 9.21 Å². The predicted molar refractivity (Wildman–Crippen MR) is 119 cm³/mol. The Morgan fingerprint density at radius 2 is 2.07 bits per heavy atom. The molecule has 0 bridgehead atoms. The summed E-state index contributed by atoms with van der Waals surface area (Å²) in [7, 11) is 1.72. The van der Waals surface area contributed by atoms with E-state index < -0.39 is 0 Å². The molecule has 0 unspecified atom stereocenters. The van der Waals surface area contributed by atoms with Crippen LogP contribution in [0, 0.1) is 0 Å². The number of carbonyl (C=O) groups is 1. The second-order valence-electron chi connectivity index (χ2n) is 6.47. The molecule has 0 radical (unpaired) electrons. The number of benzene rings is 1. The van der Waals surface area contributed by atoms with Crippen molar-refractivity contribution >= 4 is 45.7 Å². The van der Waals surface area contributed by atoms with Gasteiger partial charge >= 0.3 is 0 Å². The normalized spacial score (nSPS) is 11.0. The van der Waals surface area contributed by atoms with Crippen LogP contribution >= 0.6 is 34.7 Å². The summed E-state index contributed by atoms with van der Waals surface area (Å²) >= 11 is 9.01. The van der Waals surface area contributed by atoms with Crippen LogP contribution in [0.3, 0.4) is 0 Å². The molecule has 0 aliphatic rings. The molecular formula is C20H18ClN5O2S2. The first kappa shape index (κ1) is 20.6. The first-order chi connectivity index (χ1) is 14.5. The van der Waals surface area contributed by atoms with Crippen molar-refractivity contribution in [1.29, 1.82) is 0 Å². The maximum Gasteiger partial charge on any atom is 0.225 e. The number of thioether (sulfide) groups is 1. The molecule has 4 rings (SSSR count). The van der Waals surface area contributed by atoms with E-state index in [0.717, 1.165) is 28.0 Å². The maximum absolute atomic E-state index is 11.5. The summed E-state index contributed by atoms with van der Waals surface area (Å²) in [6.45, 7) is 2.03. The first-order valence-corrected chi connectivity index (χ1v) is 11.3. The van der Waals surface area contributed by atoms with Gasteiger partial charge in [-0.05, 0) is 36.4 Å². The highest BCUT2D eigenvalue weighted by atomic mass is 35.5.